The van der Waals surface area contributed by atoms with Crippen molar-refractivity contribution in [2.24, 2.45) is 0 Å². The molecular formula is C39H23N3S2. The molecule has 9 rings (SSSR count). The van der Waals surface area contributed by atoms with E-state index in [0.29, 0.717) is 11.6 Å². The van der Waals surface area contributed by atoms with Gasteiger partial charge in [0.05, 0.1) is 6.85 Å². The minimum absolute atomic E-state index is 0.0230. The van der Waals surface area contributed by atoms with Crippen LogP contribution in [0.4, 0.5) is 0 Å². The fourth-order valence-electron chi connectivity index (χ4n) is 5.80. The summed E-state index contributed by atoms with van der Waals surface area (Å²) in [5, 5.41) is 4.72. The van der Waals surface area contributed by atoms with Crippen molar-refractivity contribution in [3.05, 3.63) is 139 Å². The van der Waals surface area contributed by atoms with Crippen LogP contribution in [-0.2, 0) is 0 Å². The van der Waals surface area contributed by atoms with Crippen molar-refractivity contribution in [1.82, 2.24) is 15.0 Å². The van der Waals surface area contributed by atoms with E-state index in [1.807, 2.05) is 47.7 Å². The smallest absolute Gasteiger partial charge is 0.164 e. The van der Waals surface area contributed by atoms with E-state index >= 15 is 0 Å². The van der Waals surface area contributed by atoms with E-state index in [1.54, 1.807) is 11.3 Å². The van der Waals surface area contributed by atoms with Crippen molar-refractivity contribution < 1.29 is 6.85 Å². The second-order valence-electron chi connectivity index (χ2n) is 10.4. The summed E-state index contributed by atoms with van der Waals surface area (Å²) in [4.78, 5) is 14.2. The summed E-state index contributed by atoms with van der Waals surface area (Å²) in [6.07, 6.45) is 0. The molecule has 0 saturated heterocycles. The van der Waals surface area contributed by atoms with Crippen molar-refractivity contribution in [1.29, 1.82) is 0 Å². The third-order valence-electron chi connectivity index (χ3n) is 7.84. The van der Waals surface area contributed by atoms with E-state index in [1.165, 1.54) is 36.0 Å². The van der Waals surface area contributed by atoms with Crippen molar-refractivity contribution in [3.63, 3.8) is 0 Å². The highest BCUT2D eigenvalue weighted by Crippen LogP contribution is 2.45. The van der Waals surface area contributed by atoms with E-state index in [4.69, 9.17) is 16.8 Å². The van der Waals surface area contributed by atoms with Crippen LogP contribution in [0.2, 0.25) is 0 Å². The molecule has 0 aliphatic carbocycles. The average molecular weight is 603 g/mol. The van der Waals surface area contributed by atoms with Gasteiger partial charge < -0.3 is 0 Å². The monoisotopic (exact) mass is 602 g/mol. The second-order valence-corrected chi connectivity index (χ2v) is 12.6. The zero-order valence-electron chi connectivity index (χ0n) is 28.1. The quantitative estimate of drug-likeness (QED) is 0.201. The highest BCUT2D eigenvalue weighted by Gasteiger charge is 2.17. The van der Waals surface area contributed by atoms with E-state index in [2.05, 4.69) is 77.8 Å². The fraction of sp³-hybridized carbons (Fsp3) is 0. The maximum Gasteiger partial charge on any atom is 0.164 e. The van der Waals surface area contributed by atoms with Crippen LogP contribution in [0.15, 0.2) is 139 Å². The molecule has 0 fully saturated rings. The van der Waals surface area contributed by atoms with Gasteiger partial charge in [0.25, 0.3) is 0 Å². The molecule has 44 heavy (non-hydrogen) atoms. The number of hydrogen-bond donors (Lipinski definition) is 0. The predicted octanol–water partition coefficient (Wildman–Crippen LogP) is 11.3. The van der Waals surface area contributed by atoms with Crippen LogP contribution in [0, 0.1) is 0 Å². The maximum absolute atomic E-state index is 8.60. The van der Waals surface area contributed by atoms with Gasteiger partial charge in [-0.1, -0.05) is 115 Å². The largest absolute Gasteiger partial charge is 0.208 e. The molecular weight excluding hydrogens is 575 g/mol. The van der Waals surface area contributed by atoms with Crippen LogP contribution in [0.3, 0.4) is 0 Å². The topological polar surface area (TPSA) is 38.7 Å². The van der Waals surface area contributed by atoms with Crippen molar-refractivity contribution >= 4 is 63.0 Å². The Labute approximate surface area is 268 Å². The first-order chi connectivity index (χ1) is 23.9. The molecule has 0 amide bonds. The van der Waals surface area contributed by atoms with Gasteiger partial charge in [-0.05, 0) is 24.3 Å². The normalized spacial score (nSPS) is 13.2. The molecule has 0 atom stereocenters. The Morgan fingerprint density at radius 1 is 0.432 bits per heavy atom. The molecule has 9 aromatic rings. The van der Waals surface area contributed by atoms with Crippen LogP contribution in [-0.4, -0.2) is 15.0 Å². The summed E-state index contributed by atoms with van der Waals surface area (Å²) in [5.41, 5.74) is 3.80. The van der Waals surface area contributed by atoms with Crippen LogP contribution in [0.1, 0.15) is 6.85 Å². The first kappa shape index (κ1) is 20.6. The van der Waals surface area contributed by atoms with Crippen molar-refractivity contribution in [2.75, 3.05) is 0 Å². The van der Waals surface area contributed by atoms with Crippen LogP contribution >= 0.6 is 22.7 Å². The lowest BCUT2D eigenvalue weighted by molar-refractivity contribution is 1.07. The number of nitrogens with zero attached hydrogens (tertiary/aromatic N) is 3. The molecule has 0 spiro atoms. The van der Waals surface area contributed by atoms with E-state index in [-0.39, 0.29) is 23.5 Å². The lowest BCUT2D eigenvalue weighted by atomic mass is 10.00. The molecule has 0 radical (unpaired) electrons. The lowest BCUT2D eigenvalue weighted by Crippen LogP contribution is -2.00. The molecule has 0 aliphatic rings. The molecule has 6 aromatic carbocycles. The molecule has 3 heterocycles. The number of rotatable bonds is 4. The molecule has 0 bridgehead atoms. The standard InChI is InChI=1S/C39H23N3S2/c1-3-11-24(12-4-1)37-40-38(25-13-5-2-6-14-25)42-39(41-37)26-21-22-34-32(23-26)31-19-10-18-30(36(31)44-34)29-17-9-16-28-27-15-7-8-20-33(27)43-35(28)29/h1-23H/i1D,3D,4D,11D,12D. The van der Waals surface area contributed by atoms with E-state index < -0.39 is 18.1 Å². The summed E-state index contributed by atoms with van der Waals surface area (Å²) in [5.74, 6) is 0.722. The summed E-state index contributed by atoms with van der Waals surface area (Å²) < 4.78 is 46.6. The van der Waals surface area contributed by atoms with Gasteiger partial charge in [0.2, 0.25) is 0 Å². The summed E-state index contributed by atoms with van der Waals surface area (Å²) in [6, 6.07) is 35.0. The van der Waals surface area contributed by atoms with Crippen LogP contribution < -0.4 is 0 Å². The highest BCUT2D eigenvalue weighted by atomic mass is 32.1. The molecule has 0 N–H and O–H groups in total. The Bertz CT molecular complexity index is 2760. The molecule has 0 unspecified atom stereocenters. The molecule has 206 valence electrons. The molecule has 3 aromatic heterocycles. The first-order valence-electron chi connectivity index (χ1n) is 16.6. The zero-order chi connectivity index (χ0) is 33.4. The second kappa shape index (κ2) is 10.2. The summed E-state index contributed by atoms with van der Waals surface area (Å²) in [7, 11) is 0. The summed E-state index contributed by atoms with van der Waals surface area (Å²) in [6.45, 7) is 0. The van der Waals surface area contributed by atoms with Gasteiger partial charge in [-0.25, -0.2) is 15.0 Å². The summed E-state index contributed by atoms with van der Waals surface area (Å²) >= 11 is 3.58. The van der Waals surface area contributed by atoms with Crippen molar-refractivity contribution in [3.8, 4) is 45.3 Å². The number of thiophene rings is 2. The predicted molar refractivity (Wildman–Crippen MR) is 187 cm³/mol. The Morgan fingerprint density at radius 2 is 1.00 bits per heavy atom. The van der Waals surface area contributed by atoms with Gasteiger partial charge in [0.15, 0.2) is 17.5 Å². The molecule has 5 heteroatoms. The van der Waals surface area contributed by atoms with Gasteiger partial charge in [-0.15, -0.1) is 22.7 Å². The number of benzene rings is 6. The van der Waals surface area contributed by atoms with Gasteiger partial charge in [0, 0.05) is 68.2 Å². The molecule has 3 nitrogen and oxygen atoms in total. The number of fused-ring (bicyclic) bond motifs is 6. The highest BCUT2D eigenvalue weighted by molar-refractivity contribution is 7.27. The van der Waals surface area contributed by atoms with Gasteiger partial charge in [0.1, 0.15) is 0 Å². The van der Waals surface area contributed by atoms with Crippen molar-refractivity contribution in [2.45, 2.75) is 0 Å². The van der Waals surface area contributed by atoms with Gasteiger partial charge in [-0.3, -0.25) is 0 Å². The first-order valence-corrected chi connectivity index (χ1v) is 15.8. The third-order valence-corrected chi connectivity index (χ3v) is 10.3. The Kier molecular flexibility index (Phi) is 4.78. The van der Waals surface area contributed by atoms with Crippen LogP contribution in [0.25, 0.3) is 85.6 Å². The third kappa shape index (κ3) is 4.13. The van der Waals surface area contributed by atoms with Gasteiger partial charge >= 0.3 is 0 Å². The lowest BCUT2D eigenvalue weighted by Gasteiger charge is -2.08. The SMILES string of the molecule is [2H]c1c([2H])c([2H])c(-c2nc(-c3ccccc3)nc(-c3ccc4sc5c(-c6cccc7c6sc6ccccc67)cccc5c4c3)n2)c([2H])c1[2H]. The molecule has 0 saturated carbocycles. The van der Waals surface area contributed by atoms with E-state index in [0.717, 1.165) is 26.6 Å². The molecule has 0 aliphatic heterocycles. The Hall–Kier alpha value is -5.23. The van der Waals surface area contributed by atoms with Gasteiger partial charge in [-0.2, -0.15) is 0 Å². The van der Waals surface area contributed by atoms with Crippen LogP contribution in [0.5, 0.6) is 0 Å². The minimum atomic E-state index is -0.464. The zero-order valence-corrected chi connectivity index (χ0v) is 24.7. The minimum Gasteiger partial charge on any atom is -0.208 e. The maximum atomic E-state index is 8.60. The van der Waals surface area contributed by atoms with E-state index in [9.17, 15) is 0 Å². The number of aromatic nitrogens is 3. The average Bonchev–Trinajstić information content (AvgIpc) is 3.72. The Balaban J connectivity index is 1.25. The Morgan fingerprint density at radius 3 is 1.73 bits per heavy atom. The number of hydrogen-bond acceptors (Lipinski definition) is 5. The fourth-order valence-corrected chi connectivity index (χ4v) is 8.25.